The Morgan fingerprint density at radius 3 is 2.48 bits per heavy atom. The summed E-state index contributed by atoms with van der Waals surface area (Å²) in [5, 5.41) is 22.8. The molecule has 3 rings (SSSR count). The van der Waals surface area contributed by atoms with E-state index in [1.54, 1.807) is 12.1 Å². The third-order valence-corrected chi connectivity index (χ3v) is 3.64. The van der Waals surface area contributed by atoms with Crippen molar-refractivity contribution in [1.29, 1.82) is 0 Å². The molecule has 2 aromatic carbocycles. The molecule has 0 aromatic heterocycles. The van der Waals surface area contributed by atoms with Gasteiger partial charge in [0.1, 0.15) is 12.3 Å². The number of aromatic hydroxyl groups is 1. The fraction of sp³-hybridized carbons (Fsp3) is 0.0625. The van der Waals surface area contributed by atoms with Crippen LogP contribution in [0.3, 0.4) is 0 Å². The van der Waals surface area contributed by atoms with Gasteiger partial charge in [0.2, 0.25) is 5.91 Å². The van der Waals surface area contributed by atoms with Crippen LogP contribution in [0.5, 0.6) is 5.75 Å². The Labute approximate surface area is 140 Å². The van der Waals surface area contributed by atoms with Crippen molar-refractivity contribution in [3.63, 3.8) is 0 Å². The normalized spacial score (nSPS) is 12.9. The average molecular weight is 341 g/mol. The highest BCUT2D eigenvalue weighted by atomic mass is 16.6. The largest absolute Gasteiger partial charge is 0.506 e. The van der Waals surface area contributed by atoms with Gasteiger partial charge in [-0.25, -0.2) is 0 Å². The highest BCUT2D eigenvalue weighted by Gasteiger charge is 2.37. The lowest BCUT2D eigenvalue weighted by atomic mass is 10.1. The first-order valence-electron chi connectivity index (χ1n) is 7.11. The molecule has 1 aliphatic rings. The van der Waals surface area contributed by atoms with Crippen molar-refractivity contribution in [3.8, 4) is 5.75 Å². The van der Waals surface area contributed by atoms with Gasteiger partial charge in [0.15, 0.2) is 0 Å². The number of hydrogen-bond donors (Lipinski definition) is 2. The predicted molar refractivity (Wildman–Crippen MR) is 85.2 cm³/mol. The molecule has 2 aromatic rings. The number of nitro benzene ring substituents is 1. The number of benzene rings is 2. The highest BCUT2D eigenvalue weighted by Crippen LogP contribution is 2.27. The van der Waals surface area contributed by atoms with Crippen molar-refractivity contribution >= 4 is 29.1 Å². The molecule has 9 heteroatoms. The van der Waals surface area contributed by atoms with Crippen molar-refractivity contribution in [2.45, 2.75) is 0 Å². The van der Waals surface area contributed by atoms with Crippen molar-refractivity contribution in [3.05, 3.63) is 63.7 Å². The summed E-state index contributed by atoms with van der Waals surface area (Å²) in [6.07, 6.45) is 0. The zero-order chi connectivity index (χ0) is 18.1. The van der Waals surface area contributed by atoms with Crippen LogP contribution in [-0.4, -0.2) is 39.2 Å². The summed E-state index contributed by atoms with van der Waals surface area (Å²) in [7, 11) is 0. The molecule has 0 bridgehead atoms. The number of carbonyl (C=O) groups excluding carboxylic acids is 3. The van der Waals surface area contributed by atoms with Gasteiger partial charge < -0.3 is 10.4 Å². The minimum atomic E-state index is -0.781. The number of nitrogens with one attached hydrogen (secondary N) is 1. The molecule has 1 heterocycles. The number of fused-ring (bicyclic) bond motifs is 1. The van der Waals surface area contributed by atoms with E-state index in [9.17, 15) is 29.6 Å². The quantitative estimate of drug-likeness (QED) is 0.375. The number of amides is 3. The molecule has 126 valence electrons. The molecule has 0 atom stereocenters. The Hall–Kier alpha value is -3.75. The van der Waals surface area contributed by atoms with Crippen molar-refractivity contribution in [2.75, 3.05) is 11.9 Å². The number of carbonyl (C=O) groups is 3. The lowest BCUT2D eigenvalue weighted by Crippen LogP contribution is -2.37. The molecule has 1 aliphatic heterocycles. The van der Waals surface area contributed by atoms with E-state index in [-0.39, 0.29) is 28.3 Å². The number of imide groups is 1. The monoisotopic (exact) mass is 341 g/mol. The summed E-state index contributed by atoms with van der Waals surface area (Å²) in [5.41, 5.74) is -0.291. The van der Waals surface area contributed by atoms with E-state index >= 15 is 0 Å². The minimum absolute atomic E-state index is 0.00552. The third kappa shape index (κ3) is 2.90. The number of para-hydroxylation sites is 2. The van der Waals surface area contributed by atoms with Crippen LogP contribution in [0.15, 0.2) is 42.5 Å². The van der Waals surface area contributed by atoms with E-state index in [1.807, 2.05) is 0 Å². The van der Waals surface area contributed by atoms with E-state index in [2.05, 4.69) is 5.32 Å². The summed E-state index contributed by atoms with van der Waals surface area (Å²) in [4.78, 5) is 47.4. The molecule has 3 amide bonds. The Morgan fingerprint density at radius 1 is 1.12 bits per heavy atom. The second kappa shape index (κ2) is 6.04. The van der Waals surface area contributed by atoms with E-state index < -0.39 is 29.2 Å². The van der Waals surface area contributed by atoms with Gasteiger partial charge in [-0.3, -0.25) is 29.4 Å². The first-order chi connectivity index (χ1) is 11.9. The smallest absolute Gasteiger partial charge is 0.270 e. The second-order valence-corrected chi connectivity index (χ2v) is 5.25. The summed E-state index contributed by atoms with van der Waals surface area (Å²) in [6.45, 7) is -0.575. The van der Waals surface area contributed by atoms with Gasteiger partial charge in [0.25, 0.3) is 17.5 Å². The molecule has 0 radical (unpaired) electrons. The van der Waals surface area contributed by atoms with E-state index in [0.29, 0.717) is 4.90 Å². The summed E-state index contributed by atoms with van der Waals surface area (Å²) in [6, 6.07) is 9.31. The van der Waals surface area contributed by atoms with Crippen LogP contribution >= 0.6 is 0 Å². The number of anilines is 1. The van der Waals surface area contributed by atoms with E-state index in [4.69, 9.17) is 0 Å². The zero-order valence-corrected chi connectivity index (χ0v) is 12.6. The molecule has 0 aliphatic carbocycles. The number of nitrogens with zero attached hydrogens (tertiary/aromatic N) is 2. The van der Waals surface area contributed by atoms with Crippen molar-refractivity contribution in [2.24, 2.45) is 0 Å². The number of nitro groups is 1. The Balaban J connectivity index is 1.79. The summed E-state index contributed by atoms with van der Waals surface area (Å²) in [5.74, 6) is -2.34. The molecule has 0 saturated heterocycles. The molecular weight excluding hydrogens is 330 g/mol. The number of rotatable bonds is 4. The minimum Gasteiger partial charge on any atom is -0.506 e. The number of hydrogen-bond acceptors (Lipinski definition) is 6. The SMILES string of the molecule is O=C(CN1C(=O)c2ccc([N+](=O)[O-])cc2C1=O)Nc1ccccc1O. The molecule has 0 unspecified atom stereocenters. The van der Waals surface area contributed by atoms with Crippen LogP contribution in [0.25, 0.3) is 0 Å². The Bertz CT molecular complexity index is 924. The van der Waals surface area contributed by atoms with Gasteiger partial charge in [0.05, 0.1) is 21.7 Å². The zero-order valence-electron chi connectivity index (χ0n) is 12.6. The number of phenols is 1. The molecule has 0 fully saturated rings. The maximum atomic E-state index is 12.3. The topological polar surface area (TPSA) is 130 Å². The summed E-state index contributed by atoms with van der Waals surface area (Å²) < 4.78 is 0. The maximum absolute atomic E-state index is 12.3. The van der Waals surface area contributed by atoms with Crippen molar-refractivity contribution < 1.29 is 24.4 Å². The predicted octanol–water partition coefficient (Wildman–Crippen LogP) is 1.54. The first-order valence-corrected chi connectivity index (χ1v) is 7.11. The van der Waals surface area contributed by atoms with Gasteiger partial charge in [-0.2, -0.15) is 0 Å². The number of phenolic OH excluding ortho intramolecular Hbond substituents is 1. The lowest BCUT2D eigenvalue weighted by Gasteiger charge is -2.14. The van der Waals surface area contributed by atoms with Crippen LogP contribution in [-0.2, 0) is 4.79 Å². The average Bonchev–Trinajstić information content (AvgIpc) is 2.81. The van der Waals surface area contributed by atoms with Crippen LogP contribution in [0.1, 0.15) is 20.7 Å². The Morgan fingerprint density at radius 2 is 1.80 bits per heavy atom. The number of non-ortho nitro benzene ring substituents is 1. The van der Waals surface area contributed by atoms with Gasteiger partial charge >= 0.3 is 0 Å². The third-order valence-electron chi connectivity index (χ3n) is 3.64. The lowest BCUT2D eigenvalue weighted by molar-refractivity contribution is -0.384. The van der Waals surface area contributed by atoms with Gasteiger partial charge in [-0.15, -0.1) is 0 Å². The molecule has 25 heavy (non-hydrogen) atoms. The molecule has 9 nitrogen and oxygen atoms in total. The fourth-order valence-electron chi connectivity index (χ4n) is 2.45. The van der Waals surface area contributed by atoms with Crippen LogP contribution in [0.4, 0.5) is 11.4 Å². The van der Waals surface area contributed by atoms with Gasteiger partial charge in [-0.05, 0) is 18.2 Å². The van der Waals surface area contributed by atoms with E-state index in [0.717, 1.165) is 12.1 Å². The standard InChI is InChI=1S/C16H11N3O6/c20-13-4-2-1-3-12(13)17-14(21)8-18-15(22)10-6-5-9(19(24)25)7-11(10)16(18)23/h1-7,20H,8H2,(H,17,21). The van der Waals surface area contributed by atoms with Gasteiger partial charge in [0, 0.05) is 12.1 Å². The molecular formula is C16H11N3O6. The maximum Gasteiger partial charge on any atom is 0.270 e. The Kier molecular flexibility index (Phi) is 3.89. The first kappa shape index (κ1) is 16.1. The molecule has 0 saturated carbocycles. The fourth-order valence-corrected chi connectivity index (χ4v) is 2.45. The van der Waals surface area contributed by atoms with E-state index in [1.165, 1.54) is 18.2 Å². The van der Waals surface area contributed by atoms with Crippen LogP contribution in [0.2, 0.25) is 0 Å². The second-order valence-electron chi connectivity index (χ2n) is 5.25. The van der Waals surface area contributed by atoms with Gasteiger partial charge in [-0.1, -0.05) is 12.1 Å². The van der Waals surface area contributed by atoms with Crippen LogP contribution < -0.4 is 5.32 Å². The molecule has 2 N–H and O–H groups in total. The van der Waals surface area contributed by atoms with Crippen molar-refractivity contribution in [1.82, 2.24) is 4.90 Å². The van der Waals surface area contributed by atoms with Crippen LogP contribution in [0, 0.1) is 10.1 Å². The molecule has 0 spiro atoms. The highest BCUT2D eigenvalue weighted by molar-refractivity contribution is 6.23. The summed E-state index contributed by atoms with van der Waals surface area (Å²) >= 11 is 0.